The van der Waals surface area contributed by atoms with E-state index in [4.69, 9.17) is 16.3 Å². The zero-order valence-corrected chi connectivity index (χ0v) is 9.95. The molecule has 0 aromatic heterocycles. The summed E-state index contributed by atoms with van der Waals surface area (Å²) < 4.78 is 5.42. The molecule has 0 radical (unpaired) electrons. The van der Waals surface area contributed by atoms with Crippen LogP contribution in [0.25, 0.3) is 0 Å². The van der Waals surface area contributed by atoms with Gasteiger partial charge < -0.3 is 10.1 Å². The van der Waals surface area contributed by atoms with Crippen LogP contribution in [0.3, 0.4) is 0 Å². The molecule has 0 aliphatic rings. The molecule has 80 valence electrons. The molecule has 0 rings (SSSR count). The first-order chi connectivity index (χ1) is 5.98. The van der Waals surface area contributed by atoms with E-state index in [-0.39, 0.29) is 5.54 Å². The summed E-state index contributed by atoms with van der Waals surface area (Å²) in [4.78, 5) is 0. The number of ether oxygens (including phenoxy) is 1. The average Bonchev–Trinajstić information content (AvgIpc) is 1.98. The minimum Gasteiger partial charge on any atom is -0.377 e. The summed E-state index contributed by atoms with van der Waals surface area (Å²) in [5.74, 6) is 0.699. The van der Waals surface area contributed by atoms with E-state index in [1.54, 1.807) is 0 Å². The summed E-state index contributed by atoms with van der Waals surface area (Å²) in [6.07, 6.45) is 1.30. The lowest BCUT2D eigenvalue weighted by Crippen LogP contribution is -2.41. The highest BCUT2D eigenvalue weighted by molar-refractivity contribution is 6.17. The van der Waals surface area contributed by atoms with E-state index in [0.717, 1.165) is 19.6 Å². The van der Waals surface area contributed by atoms with Gasteiger partial charge in [-0.05, 0) is 34.1 Å². The third kappa shape index (κ3) is 8.54. The van der Waals surface area contributed by atoms with Crippen molar-refractivity contribution in [1.29, 1.82) is 0 Å². The van der Waals surface area contributed by atoms with Crippen molar-refractivity contribution >= 4 is 11.6 Å². The minimum atomic E-state index is 0.127. The van der Waals surface area contributed by atoms with E-state index in [9.17, 15) is 0 Å². The Bertz CT molecular complexity index is 126. The zero-order valence-electron chi connectivity index (χ0n) is 9.19. The van der Waals surface area contributed by atoms with Crippen molar-refractivity contribution < 1.29 is 4.74 Å². The predicted molar refractivity (Wildman–Crippen MR) is 58.5 cm³/mol. The first-order valence-corrected chi connectivity index (χ1v) is 5.44. The molecule has 13 heavy (non-hydrogen) atoms. The monoisotopic (exact) mass is 207 g/mol. The summed E-state index contributed by atoms with van der Waals surface area (Å²) in [5, 5.41) is 3.41. The molecule has 2 nitrogen and oxygen atoms in total. The Hall–Kier alpha value is 0.210. The van der Waals surface area contributed by atoms with Gasteiger partial charge in [0.15, 0.2) is 0 Å². The van der Waals surface area contributed by atoms with Crippen LogP contribution in [0.15, 0.2) is 0 Å². The molecule has 0 aliphatic carbocycles. The van der Waals surface area contributed by atoms with Crippen LogP contribution < -0.4 is 5.32 Å². The number of halogens is 1. The molecule has 0 aliphatic heterocycles. The van der Waals surface area contributed by atoms with E-state index in [1.165, 1.54) is 0 Å². The van der Waals surface area contributed by atoms with Gasteiger partial charge in [0.1, 0.15) is 0 Å². The molecule has 1 N–H and O–H groups in total. The maximum absolute atomic E-state index is 5.68. The van der Waals surface area contributed by atoms with Gasteiger partial charge in [-0.1, -0.05) is 0 Å². The van der Waals surface area contributed by atoms with Gasteiger partial charge >= 0.3 is 0 Å². The smallest absolute Gasteiger partial charge is 0.0594 e. The van der Waals surface area contributed by atoms with Gasteiger partial charge in [-0.3, -0.25) is 0 Å². The molecule has 0 heterocycles. The Labute approximate surface area is 87.0 Å². The Balaban J connectivity index is 3.40. The normalized spacial score (nSPS) is 12.5. The van der Waals surface area contributed by atoms with Crippen molar-refractivity contribution in [3.63, 3.8) is 0 Å². The first-order valence-electron chi connectivity index (χ1n) is 4.90. The summed E-state index contributed by atoms with van der Waals surface area (Å²) >= 11 is 5.68. The highest BCUT2D eigenvalue weighted by Gasteiger charge is 2.14. The lowest BCUT2D eigenvalue weighted by atomic mass is 10.0. The number of rotatable bonds is 7. The number of alkyl halides is 1. The fraction of sp³-hybridized carbons (Fsp3) is 1.00. The van der Waals surface area contributed by atoms with Gasteiger partial charge in [0.25, 0.3) is 0 Å². The fourth-order valence-electron chi connectivity index (χ4n) is 1.01. The predicted octanol–water partition coefficient (Wildman–Crippen LogP) is 2.41. The van der Waals surface area contributed by atoms with Crippen LogP contribution in [0, 0.1) is 0 Å². The molecule has 0 saturated heterocycles. The molecule has 0 saturated carbocycles. The highest BCUT2D eigenvalue weighted by atomic mass is 35.5. The largest absolute Gasteiger partial charge is 0.377 e. The number of hydrogen-bond acceptors (Lipinski definition) is 2. The molecular formula is C10H22ClNO. The van der Waals surface area contributed by atoms with Gasteiger partial charge in [-0.25, -0.2) is 0 Å². The summed E-state index contributed by atoms with van der Waals surface area (Å²) in [5.41, 5.74) is 0.127. The van der Waals surface area contributed by atoms with Crippen LogP contribution in [0.4, 0.5) is 0 Å². The maximum atomic E-state index is 5.68. The van der Waals surface area contributed by atoms with Crippen LogP contribution in [-0.2, 0) is 4.74 Å². The Morgan fingerprint density at radius 2 is 2.00 bits per heavy atom. The molecule has 0 spiro atoms. The van der Waals surface area contributed by atoms with Gasteiger partial charge in [0.05, 0.1) is 12.7 Å². The second-order valence-electron chi connectivity index (χ2n) is 4.17. The van der Waals surface area contributed by atoms with E-state index >= 15 is 0 Å². The fourth-order valence-corrected chi connectivity index (χ4v) is 1.48. The van der Waals surface area contributed by atoms with Crippen LogP contribution >= 0.6 is 11.6 Å². The highest BCUT2D eigenvalue weighted by Crippen LogP contribution is 2.08. The molecule has 0 unspecified atom stereocenters. The van der Waals surface area contributed by atoms with Gasteiger partial charge in [-0.15, -0.1) is 11.6 Å². The standard InChI is InChI=1S/C10H22ClNO/c1-9(2)13-8-7-12-10(3,4)5-6-11/h9,12H,5-8H2,1-4H3. The summed E-state index contributed by atoms with van der Waals surface area (Å²) in [7, 11) is 0. The third-order valence-corrected chi connectivity index (χ3v) is 2.07. The van der Waals surface area contributed by atoms with Crippen LogP contribution in [0.2, 0.25) is 0 Å². The molecule has 0 aromatic carbocycles. The lowest BCUT2D eigenvalue weighted by molar-refractivity contribution is 0.0768. The molecule has 0 aromatic rings. The van der Waals surface area contributed by atoms with E-state index in [0.29, 0.717) is 12.0 Å². The Morgan fingerprint density at radius 1 is 1.38 bits per heavy atom. The summed E-state index contributed by atoms with van der Waals surface area (Å²) in [6, 6.07) is 0. The third-order valence-electron chi connectivity index (χ3n) is 1.88. The Kier molecular flexibility index (Phi) is 6.74. The SMILES string of the molecule is CC(C)OCCNC(C)(C)CCCl. The number of hydrogen-bond donors (Lipinski definition) is 1. The van der Waals surface area contributed by atoms with Crippen molar-refractivity contribution in [3.8, 4) is 0 Å². The maximum Gasteiger partial charge on any atom is 0.0594 e. The van der Waals surface area contributed by atoms with Crippen LogP contribution in [0.5, 0.6) is 0 Å². The Morgan fingerprint density at radius 3 is 2.46 bits per heavy atom. The van der Waals surface area contributed by atoms with Crippen LogP contribution in [-0.4, -0.2) is 30.7 Å². The molecule has 3 heteroatoms. The van der Waals surface area contributed by atoms with Gasteiger partial charge in [0.2, 0.25) is 0 Å². The van der Waals surface area contributed by atoms with Gasteiger partial charge in [-0.2, -0.15) is 0 Å². The van der Waals surface area contributed by atoms with Crippen molar-refractivity contribution in [2.45, 2.75) is 45.8 Å². The zero-order chi connectivity index (χ0) is 10.3. The van der Waals surface area contributed by atoms with Crippen LogP contribution in [0.1, 0.15) is 34.1 Å². The second-order valence-corrected chi connectivity index (χ2v) is 4.55. The second kappa shape index (κ2) is 6.63. The van der Waals surface area contributed by atoms with Crippen molar-refractivity contribution in [2.75, 3.05) is 19.0 Å². The average molecular weight is 208 g/mol. The minimum absolute atomic E-state index is 0.127. The summed E-state index contributed by atoms with van der Waals surface area (Å²) in [6.45, 7) is 10.1. The molecule has 0 fully saturated rings. The quantitative estimate of drug-likeness (QED) is 0.512. The van der Waals surface area contributed by atoms with E-state index in [1.807, 2.05) is 13.8 Å². The van der Waals surface area contributed by atoms with Gasteiger partial charge in [0, 0.05) is 18.0 Å². The van der Waals surface area contributed by atoms with E-state index < -0.39 is 0 Å². The lowest BCUT2D eigenvalue weighted by Gasteiger charge is -2.25. The van der Waals surface area contributed by atoms with E-state index in [2.05, 4.69) is 19.2 Å². The number of nitrogens with one attached hydrogen (secondary N) is 1. The van der Waals surface area contributed by atoms with Crippen molar-refractivity contribution in [3.05, 3.63) is 0 Å². The van der Waals surface area contributed by atoms with Crippen molar-refractivity contribution in [1.82, 2.24) is 5.32 Å². The molecule has 0 amide bonds. The topological polar surface area (TPSA) is 21.3 Å². The van der Waals surface area contributed by atoms with Crippen molar-refractivity contribution in [2.24, 2.45) is 0 Å². The first kappa shape index (κ1) is 13.2. The molecule has 0 atom stereocenters. The molecule has 0 bridgehead atoms. The molecular weight excluding hydrogens is 186 g/mol.